The predicted octanol–water partition coefficient (Wildman–Crippen LogP) is 6.14. The van der Waals surface area contributed by atoms with E-state index in [4.69, 9.17) is 0 Å². The fourth-order valence-corrected chi connectivity index (χ4v) is 3.61. The Morgan fingerprint density at radius 1 is 0.933 bits per heavy atom. The van der Waals surface area contributed by atoms with Crippen molar-refractivity contribution >= 4 is 22.9 Å². The molecule has 0 spiro atoms. The number of halogens is 3. The summed E-state index contributed by atoms with van der Waals surface area (Å²) in [5, 5.41) is 5.50. The Morgan fingerprint density at radius 2 is 1.70 bits per heavy atom. The highest BCUT2D eigenvalue weighted by Gasteiger charge is 2.32. The van der Waals surface area contributed by atoms with Gasteiger partial charge in [0, 0.05) is 28.4 Å². The van der Waals surface area contributed by atoms with Crippen LogP contribution in [-0.2, 0) is 6.18 Å². The number of carbonyl (C=O) groups excluding carboxylic acids is 1. The number of nitrogens with zero attached hydrogens (tertiary/aromatic N) is 2. The van der Waals surface area contributed by atoms with Crippen LogP contribution < -0.4 is 5.32 Å². The molecule has 30 heavy (non-hydrogen) atoms. The van der Waals surface area contributed by atoms with Gasteiger partial charge in [0.05, 0.1) is 11.3 Å². The highest BCUT2D eigenvalue weighted by molar-refractivity contribution is 7.13. The molecule has 4 nitrogen and oxygen atoms in total. The molecule has 0 fully saturated rings. The second kappa shape index (κ2) is 8.08. The number of pyridine rings is 1. The molecule has 4 aromatic rings. The maximum atomic E-state index is 12.6. The third-order valence-corrected chi connectivity index (χ3v) is 5.15. The molecule has 8 heteroatoms. The smallest absolute Gasteiger partial charge is 0.322 e. The Balaban J connectivity index is 1.51. The average Bonchev–Trinajstić information content (AvgIpc) is 3.24. The van der Waals surface area contributed by atoms with E-state index in [1.807, 2.05) is 41.8 Å². The number of nitrogens with one attached hydrogen (secondary N) is 1. The van der Waals surface area contributed by atoms with Crippen molar-refractivity contribution in [2.24, 2.45) is 0 Å². The van der Waals surface area contributed by atoms with Crippen LogP contribution in [0.3, 0.4) is 0 Å². The van der Waals surface area contributed by atoms with E-state index in [9.17, 15) is 18.0 Å². The molecular formula is C22H14F3N3OS. The summed E-state index contributed by atoms with van der Waals surface area (Å²) < 4.78 is 37.8. The molecule has 2 heterocycles. The summed E-state index contributed by atoms with van der Waals surface area (Å²) >= 11 is 1.52. The first-order valence-electron chi connectivity index (χ1n) is 8.86. The van der Waals surface area contributed by atoms with E-state index in [2.05, 4.69) is 15.3 Å². The molecule has 0 saturated carbocycles. The zero-order valence-corrected chi connectivity index (χ0v) is 16.2. The predicted molar refractivity (Wildman–Crippen MR) is 110 cm³/mol. The van der Waals surface area contributed by atoms with Gasteiger partial charge in [-0.15, -0.1) is 11.3 Å². The standard InChI is InChI=1S/C22H14F3N3OS/c23-22(24,25)19-10-9-16(12-26-19)20(29)27-17-8-4-7-15(11-17)18-13-30-21(28-18)14-5-2-1-3-6-14/h1-13H,(H,27,29). The number of amides is 1. The molecule has 1 amide bonds. The Hall–Kier alpha value is -3.52. The highest BCUT2D eigenvalue weighted by Crippen LogP contribution is 2.30. The van der Waals surface area contributed by atoms with Crippen LogP contribution in [0, 0.1) is 0 Å². The molecule has 4 rings (SSSR count). The first kappa shape index (κ1) is 19.8. The zero-order chi connectivity index (χ0) is 21.1. The van der Waals surface area contributed by atoms with E-state index in [1.54, 1.807) is 18.2 Å². The third kappa shape index (κ3) is 4.38. The lowest BCUT2D eigenvalue weighted by atomic mass is 10.1. The number of alkyl halides is 3. The Morgan fingerprint density at radius 3 is 2.40 bits per heavy atom. The van der Waals surface area contributed by atoms with Gasteiger partial charge in [0.15, 0.2) is 0 Å². The van der Waals surface area contributed by atoms with Crippen LogP contribution in [-0.4, -0.2) is 15.9 Å². The van der Waals surface area contributed by atoms with Crippen molar-refractivity contribution in [3.05, 3.63) is 89.6 Å². The van der Waals surface area contributed by atoms with Crippen LogP contribution in [0.25, 0.3) is 21.8 Å². The second-order valence-electron chi connectivity index (χ2n) is 6.37. The first-order valence-corrected chi connectivity index (χ1v) is 9.74. The van der Waals surface area contributed by atoms with Crippen molar-refractivity contribution in [2.75, 3.05) is 5.32 Å². The molecule has 2 aromatic heterocycles. The van der Waals surface area contributed by atoms with Crippen LogP contribution >= 0.6 is 11.3 Å². The maximum absolute atomic E-state index is 12.6. The number of benzene rings is 2. The van der Waals surface area contributed by atoms with Crippen molar-refractivity contribution in [3.63, 3.8) is 0 Å². The van der Waals surface area contributed by atoms with Gasteiger partial charge < -0.3 is 5.32 Å². The molecular weight excluding hydrogens is 411 g/mol. The minimum Gasteiger partial charge on any atom is -0.322 e. The molecule has 0 aliphatic rings. The quantitative estimate of drug-likeness (QED) is 0.427. The minimum atomic E-state index is -4.55. The lowest BCUT2D eigenvalue weighted by molar-refractivity contribution is -0.141. The van der Waals surface area contributed by atoms with Crippen molar-refractivity contribution in [1.29, 1.82) is 0 Å². The summed E-state index contributed by atoms with van der Waals surface area (Å²) in [6.07, 6.45) is -3.63. The third-order valence-electron chi connectivity index (χ3n) is 4.26. The van der Waals surface area contributed by atoms with Crippen LogP contribution in [0.1, 0.15) is 16.1 Å². The molecule has 0 aliphatic heterocycles. The van der Waals surface area contributed by atoms with Gasteiger partial charge in [-0.05, 0) is 24.3 Å². The molecule has 0 radical (unpaired) electrons. The molecule has 0 saturated heterocycles. The second-order valence-corrected chi connectivity index (χ2v) is 7.23. The van der Waals surface area contributed by atoms with Gasteiger partial charge in [0.2, 0.25) is 0 Å². The van der Waals surface area contributed by atoms with E-state index in [-0.39, 0.29) is 5.56 Å². The Labute approximate surface area is 174 Å². The topological polar surface area (TPSA) is 54.9 Å². The lowest BCUT2D eigenvalue weighted by Gasteiger charge is -2.08. The van der Waals surface area contributed by atoms with E-state index < -0.39 is 17.8 Å². The van der Waals surface area contributed by atoms with Gasteiger partial charge in [-0.1, -0.05) is 42.5 Å². The van der Waals surface area contributed by atoms with Crippen LogP contribution in [0.4, 0.5) is 18.9 Å². The molecule has 0 bridgehead atoms. The Kier molecular flexibility index (Phi) is 5.33. The summed E-state index contributed by atoms with van der Waals surface area (Å²) in [7, 11) is 0. The summed E-state index contributed by atoms with van der Waals surface area (Å²) in [5.74, 6) is -0.545. The normalized spacial score (nSPS) is 11.3. The van der Waals surface area contributed by atoms with Crippen LogP contribution in [0.15, 0.2) is 78.3 Å². The number of hydrogen-bond donors (Lipinski definition) is 1. The molecule has 0 aliphatic carbocycles. The van der Waals surface area contributed by atoms with Gasteiger partial charge >= 0.3 is 6.18 Å². The number of carbonyl (C=O) groups is 1. The average molecular weight is 425 g/mol. The molecule has 2 aromatic carbocycles. The van der Waals surface area contributed by atoms with Gasteiger partial charge in [-0.3, -0.25) is 9.78 Å². The van der Waals surface area contributed by atoms with Crippen molar-refractivity contribution in [3.8, 4) is 21.8 Å². The highest BCUT2D eigenvalue weighted by atomic mass is 32.1. The number of anilines is 1. The largest absolute Gasteiger partial charge is 0.433 e. The van der Waals surface area contributed by atoms with E-state index >= 15 is 0 Å². The Bertz CT molecular complexity index is 1170. The molecule has 150 valence electrons. The van der Waals surface area contributed by atoms with Gasteiger partial charge in [0.1, 0.15) is 10.7 Å². The van der Waals surface area contributed by atoms with E-state index in [1.165, 1.54) is 11.3 Å². The number of thiazole rings is 1. The summed E-state index contributed by atoms with van der Waals surface area (Å²) in [4.78, 5) is 20.3. The fraction of sp³-hybridized carbons (Fsp3) is 0.0455. The van der Waals surface area contributed by atoms with Crippen LogP contribution in [0.5, 0.6) is 0 Å². The lowest BCUT2D eigenvalue weighted by Crippen LogP contribution is -2.14. The van der Waals surface area contributed by atoms with E-state index in [0.717, 1.165) is 40.2 Å². The number of rotatable bonds is 4. The number of aromatic nitrogens is 2. The number of hydrogen-bond acceptors (Lipinski definition) is 4. The summed E-state index contributed by atoms with van der Waals surface area (Å²) in [6, 6.07) is 18.8. The fourth-order valence-electron chi connectivity index (χ4n) is 2.78. The van der Waals surface area contributed by atoms with Gasteiger partial charge in [-0.25, -0.2) is 4.98 Å². The molecule has 1 N–H and O–H groups in total. The first-order chi connectivity index (χ1) is 14.4. The van der Waals surface area contributed by atoms with E-state index in [0.29, 0.717) is 5.69 Å². The van der Waals surface area contributed by atoms with Crippen LogP contribution in [0.2, 0.25) is 0 Å². The van der Waals surface area contributed by atoms with Gasteiger partial charge in [-0.2, -0.15) is 13.2 Å². The molecule has 0 atom stereocenters. The van der Waals surface area contributed by atoms with Gasteiger partial charge in [0.25, 0.3) is 5.91 Å². The van der Waals surface area contributed by atoms with Crippen molar-refractivity contribution < 1.29 is 18.0 Å². The zero-order valence-electron chi connectivity index (χ0n) is 15.4. The molecule has 0 unspecified atom stereocenters. The summed E-state index contributed by atoms with van der Waals surface area (Å²) in [6.45, 7) is 0. The monoisotopic (exact) mass is 425 g/mol. The maximum Gasteiger partial charge on any atom is 0.433 e. The SMILES string of the molecule is O=C(Nc1cccc(-c2csc(-c3ccccc3)n2)c1)c1ccc(C(F)(F)F)nc1. The summed E-state index contributed by atoms with van der Waals surface area (Å²) in [5.41, 5.74) is 2.11. The van der Waals surface area contributed by atoms with Crippen molar-refractivity contribution in [1.82, 2.24) is 9.97 Å². The minimum absolute atomic E-state index is 0.0356. The van der Waals surface area contributed by atoms with Crippen molar-refractivity contribution in [2.45, 2.75) is 6.18 Å².